The lowest BCUT2D eigenvalue weighted by Crippen LogP contribution is -2.18. The molecule has 4 heteroatoms. The first kappa shape index (κ1) is 10.5. The number of pyridine rings is 1. The molecule has 3 heterocycles. The Hall–Kier alpha value is -0.620. The Morgan fingerprint density at radius 2 is 2.12 bits per heavy atom. The number of halogens is 1. The van der Waals surface area contributed by atoms with Gasteiger partial charge in [0.1, 0.15) is 0 Å². The van der Waals surface area contributed by atoms with Gasteiger partial charge in [0.25, 0.3) is 0 Å². The molecular weight excluding hydrogens is 313 g/mol. The van der Waals surface area contributed by atoms with Crippen molar-refractivity contribution < 1.29 is 0 Å². The minimum Gasteiger partial charge on any atom is -0.299 e. The SMILES string of the molecule is Ic1ncc2cc(CN3CCCC3)ccn12. The maximum absolute atomic E-state index is 4.30. The number of aromatic nitrogens is 2. The fraction of sp³-hybridized carbons (Fsp3) is 0.417. The summed E-state index contributed by atoms with van der Waals surface area (Å²) in [7, 11) is 0. The van der Waals surface area contributed by atoms with Gasteiger partial charge in [-0.05, 0) is 43.6 Å². The zero-order valence-electron chi connectivity index (χ0n) is 9.06. The van der Waals surface area contributed by atoms with E-state index in [0.717, 1.165) is 10.4 Å². The van der Waals surface area contributed by atoms with E-state index >= 15 is 0 Å². The smallest absolute Gasteiger partial charge is 0.175 e. The number of likely N-dealkylation sites (tertiary alicyclic amines) is 1. The van der Waals surface area contributed by atoms with Gasteiger partial charge in [-0.1, -0.05) is 0 Å². The predicted molar refractivity (Wildman–Crippen MR) is 72.4 cm³/mol. The molecular formula is C12H14IN3. The van der Waals surface area contributed by atoms with Gasteiger partial charge in [0.05, 0.1) is 11.7 Å². The van der Waals surface area contributed by atoms with E-state index in [1.807, 2.05) is 6.20 Å². The number of hydrogen-bond acceptors (Lipinski definition) is 2. The van der Waals surface area contributed by atoms with Gasteiger partial charge in [-0.15, -0.1) is 0 Å². The fourth-order valence-corrected chi connectivity index (χ4v) is 2.89. The third-order valence-electron chi connectivity index (χ3n) is 3.16. The Labute approximate surface area is 109 Å². The Kier molecular flexibility index (Phi) is 2.85. The van der Waals surface area contributed by atoms with Crippen LogP contribution in [0.5, 0.6) is 0 Å². The van der Waals surface area contributed by atoms with E-state index in [1.165, 1.54) is 37.0 Å². The average Bonchev–Trinajstić information content (AvgIpc) is 2.90. The highest BCUT2D eigenvalue weighted by Gasteiger charge is 2.12. The van der Waals surface area contributed by atoms with Crippen LogP contribution >= 0.6 is 22.6 Å². The fourth-order valence-electron chi connectivity index (χ4n) is 2.31. The van der Waals surface area contributed by atoms with Crippen LogP contribution in [0.25, 0.3) is 5.52 Å². The van der Waals surface area contributed by atoms with E-state index in [-0.39, 0.29) is 0 Å². The van der Waals surface area contributed by atoms with E-state index in [9.17, 15) is 0 Å². The number of hydrogen-bond donors (Lipinski definition) is 0. The molecule has 0 atom stereocenters. The van der Waals surface area contributed by atoms with Gasteiger partial charge >= 0.3 is 0 Å². The van der Waals surface area contributed by atoms with E-state index in [0.29, 0.717) is 0 Å². The summed E-state index contributed by atoms with van der Waals surface area (Å²) in [5.74, 6) is 0. The van der Waals surface area contributed by atoms with Crippen LogP contribution in [-0.4, -0.2) is 27.4 Å². The van der Waals surface area contributed by atoms with E-state index in [1.54, 1.807) is 0 Å². The molecule has 2 aromatic heterocycles. The zero-order valence-corrected chi connectivity index (χ0v) is 11.2. The van der Waals surface area contributed by atoms with Gasteiger partial charge in [-0.25, -0.2) is 4.98 Å². The molecule has 3 nitrogen and oxygen atoms in total. The highest BCUT2D eigenvalue weighted by Crippen LogP contribution is 2.15. The summed E-state index contributed by atoms with van der Waals surface area (Å²) in [6.07, 6.45) is 6.77. The van der Waals surface area contributed by atoms with Crippen LogP contribution < -0.4 is 0 Å². The Bertz CT molecular complexity index is 500. The number of imidazole rings is 1. The molecule has 16 heavy (non-hydrogen) atoms. The van der Waals surface area contributed by atoms with Crippen LogP contribution in [0.15, 0.2) is 24.5 Å². The summed E-state index contributed by atoms with van der Waals surface area (Å²) in [5, 5.41) is 0. The van der Waals surface area contributed by atoms with Gasteiger partial charge in [0.15, 0.2) is 3.83 Å². The van der Waals surface area contributed by atoms with Crippen LogP contribution in [-0.2, 0) is 6.54 Å². The van der Waals surface area contributed by atoms with Crippen molar-refractivity contribution in [3.63, 3.8) is 0 Å². The van der Waals surface area contributed by atoms with E-state index in [4.69, 9.17) is 0 Å². The average molecular weight is 327 g/mol. The topological polar surface area (TPSA) is 20.5 Å². The Balaban J connectivity index is 1.87. The zero-order chi connectivity index (χ0) is 11.0. The van der Waals surface area contributed by atoms with Crippen molar-refractivity contribution in [1.82, 2.24) is 14.3 Å². The standard InChI is InChI=1S/C12H14IN3/c13-12-14-8-11-7-10(3-6-16(11)12)9-15-4-1-2-5-15/h3,6-8H,1-2,4-5,9H2. The molecule has 0 amide bonds. The Morgan fingerprint density at radius 1 is 1.31 bits per heavy atom. The number of rotatable bonds is 2. The lowest BCUT2D eigenvalue weighted by atomic mass is 10.2. The normalized spacial score (nSPS) is 17.3. The predicted octanol–water partition coefficient (Wildman–Crippen LogP) is 2.53. The van der Waals surface area contributed by atoms with Gasteiger partial charge < -0.3 is 0 Å². The van der Waals surface area contributed by atoms with Crippen molar-refractivity contribution in [2.24, 2.45) is 0 Å². The summed E-state index contributed by atoms with van der Waals surface area (Å²) >= 11 is 2.26. The molecule has 3 rings (SSSR count). The quantitative estimate of drug-likeness (QED) is 0.790. The minimum absolute atomic E-state index is 1.03. The summed E-state index contributed by atoms with van der Waals surface area (Å²) < 4.78 is 3.15. The second-order valence-electron chi connectivity index (χ2n) is 4.34. The molecule has 1 saturated heterocycles. The highest BCUT2D eigenvalue weighted by molar-refractivity contribution is 14.1. The van der Waals surface area contributed by atoms with Crippen LogP contribution in [0.2, 0.25) is 0 Å². The molecule has 0 bridgehead atoms. The summed E-state index contributed by atoms with van der Waals surface area (Å²) in [5.41, 5.74) is 2.59. The summed E-state index contributed by atoms with van der Waals surface area (Å²) in [6, 6.07) is 4.45. The van der Waals surface area contributed by atoms with Gasteiger partial charge in [0.2, 0.25) is 0 Å². The molecule has 0 aromatic carbocycles. The molecule has 1 aliphatic heterocycles. The van der Waals surface area contributed by atoms with Gasteiger partial charge in [-0.3, -0.25) is 9.30 Å². The lowest BCUT2D eigenvalue weighted by Gasteiger charge is -2.14. The molecule has 0 unspecified atom stereocenters. The lowest BCUT2D eigenvalue weighted by molar-refractivity contribution is 0.331. The van der Waals surface area contributed by atoms with Crippen LogP contribution in [0.1, 0.15) is 18.4 Å². The van der Waals surface area contributed by atoms with Crippen molar-refractivity contribution in [3.8, 4) is 0 Å². The minimum atomic E-state index is 1.03. The van der Waals surface area contributed by atoms with Gasteiger partial charge in [-0.2, -0.15) is 0 Å². The first-order valence-corrected chi connectivity index (χ1v) is 6.75. The van der Waals surface area contributed by atoms with Crippen molar-refractivity contribution in [2.45, 2.75) is 19.4 Å². The summed E-state index contributed by atoms with van der Waals surface area (Å²) in [4.78, 5) is 6.83. The van der Waals surface area contributed by atoms with Crippen LogP contribution in [0.4, 0.5) is 0 Å². The maximum atomic E-state index is 4.30. The van der Waals surface area contributed by atoms with Crippen molar-refractivity contribution in [3.05, 3.63) is 33.9 Å². The summed E-state index contributed by atoms with van der Waals surface area (Å²) in [6.45, 7) is 3.59. The van der Waals surface area contributed by atoms with Crippen molar-refractivity contribution in [1.29, 1.82) is 0 Å². The molecule has 1 fully saturated rings. The van der Waals surface area contributed by atoms with E-state index < -0.39 is 0 Å². The second-order valence-corrected chi connectivity index (χ2v) is 5.31. The highest BCUT2D eigenvalue weighted by atomic mass is 127. The first-order valence-electron chi connectivity index (χ1n) is 5.67. The van der Waals surface area contributed by atoms with Gasteiger partial charge in [0, 0.05) is 35.3 Å². The van der Waals surface area contributed by atoms with Crippen molar-refractivity contribution in [2.75, 3.05) is 13.1 Å². The Morgan fingerprint density at radius 3 is 2.94 bits per heavy atom. The van der Waals surface area contributed by atoms with Crippen molar-refractivity contribution >= 4 is 28.1 Å². The largest absolute Gasteiger partial charge is 0.299 e. The molecule has 0 radical (unpaired) electrons. The second kappa shape index (κ2) is 4.33. The van der Waals surface area contributed by atoms with E-state index in [2.05, 4.69) is 55.2 Å². The van der Waals surface area contributed by atoms with Crippen LogP contribution in [0, 0.1) is 3.83 Å². The third-order valence-corrected chi connectivity index (χ3v) is 3.95. The van der Waals surface area contributed by atoms with Crippen LogP contribution in [0.3, 0.4) is 0 Å². The molecule has 1 aliphatic rings. The number of fused-ring (bicyclic) bond motifs is 1. The molecule has 0 aliphatic carbocycles. The monoisotopic (exact) mass is 327 g/mol. The molecule has 0 saturated carbocycles. The molecule has 84 valence electrons. The first-order chi connectivity index (χ1) is 7.83. The molecule has 2 aromatic rings. The molecule has 0 N–H and O–H groups in total. The maximum Gasteiger partial charge on any atom is 0.175 e. The third kappa shape index (κ3) is 1.96. The number of nitrogens with zero attached hydrogens (tertiary/aromatic N) is 3. The molecule has 0 spiro atoms.